The Balaban J connectivity index is 2.42. The van der Waals surface area contributed by atoms with Gasteiger partial charge < -0.3 is 9.80 Å². The first-order chi connectivity index (χ1) is 9.51. The smallest absolute Gasteiger partial charge is 0.235 e. The van der Waals surface area contributed by atoms with Crippen molar-refractivity contribution in [2.75, 3.05) is 30.9 Å². The molecule has 0 N–H and O–H groups in total. The summed E-state index contributed by atoms with van der Waals surface area (Å²) in [6.45, 7) is 0. The first-order valence-electron chi connectivity index (χ1n) is 5.84. The molecular weight excluding hydrogens is 276 g/mol. The zero-order chi connectivity index (χ0) is 14.7. The maximum atomic E-state index is 8.94. The van der Waals surface area contributed by atoms with Crippen molar-refractivity contribution in [1.82, 2.24) is 15.0 Å². The average Bonchev–Trinajstić information content (AvgIpc) is 2.45. The molecule has 1 aromatic carbocycles. The van der Waals surface area contributed by atoms with Crippen LogP contribution < -0.4 is 9.80 Å². The van der Waals surface area contributed by atoms with Gasteiger partial charge in [0, 0.05) is 26.8 Å². The summed E-state index contributed by atoms with van der Waals surface area (Å²) < 4.78 is 0. The lowest BCUT2D eigenvalue weighted by atomic mass is 10.2. The molecule has 0 bridgehead atoms. The molecule has 0 aliphatic heterocycles. The van der Waals surface area contributed by atoms with E-state index in [0.717, 1.165) is 5.69 Å². The summed E-state index contributed by atoms with van der Waals surface area (Å²) in [5, 5.41) is 9.06. The van der Waals surface area contributed by atoms with E-state index in [1.54, 1.807) is 28.0 Å². The Bertz CT molecular complexity index is 664. The molecule has 2 rings (SSSR count). The Morgan fingerprint density at radius 3 is 2.45 bits per heavy atom. The van der Waals surface area contributed by atoms with Crippen molar-refractivity contribution in [3.63, 3.8) is 0 Å². The van der Waals surface area contributed by atoms with Crippen LogP contribution in [0.1, 0.15) is 5.56 Å². The lowest BCUT2D eigenvalue weighted by Gasteiger charge is -2.19. The normalized spacial score (nSPS) is 9.95. The number of benzene rings is 1. The summed E-state index contributed by atoms with van der Waals surface area (Å²) in [6, 6.07) is 9.27. The quantitative estimate of drug-likeness (QED) is 0.863. The fourth-order valence-corrected chi connectivity index (χ4v) is 1.73. The summed E-state index contributed by atoms with van der Waals surface area (Å²) in [7, 11) is 5.46. The van der Waals surface area contributed by atoms with Crippen molar-refractivity contribution in [2.24, 2.45) is 0 Å². The third kappa shape index (κ3) is 2.95. The summed E-state index contributed by atoms with van der Waals surface area (Å²) in [6.07, 6.45) is 0. The molecule has 1 heterocycles. The van der Waals surface area contributed by atoms with Crippen molar-refractivity contribution in [3.8, 4) is 6.07 Å². The van der Waals surface area contributed by atoms with Gasteiger partial charge in [0.15, 0.2) is 0 Å². The van der Waals surface area contributed by atoms with Crippen LogP contribution in [0.2, 0.25) is 5.28 Å². The second kappa shape index (κ2) is 5.72. The maximum Gasteiger partial charge on any atom is 0.235 e. The largest absolute Gasteiger partial charge is 0.347 e. The number of rotatable bonds is 3. The van der Waals surface area contributed by atoms with E-state index >= 15 is 0 Å². The van der Waals surface area contributed by atoms with Crippen molar-refractivity contribution < 1.29 is 0 Å². The second-order valence-corrected chi connectivity index (χ2v) is 4.66. The third-order valence-electron chi connectivity index (χ3n) is 2.65. The minimum absolute atomic E-state index is 0.127. The van der Waals surface area contributed by atoms with E-state index in [1.165, 1.54) is 0 Å². The van der Waals surface area contributed by atoms with E-state index in [2.05, 4.69) is 21.0 Å². The maximum absolute atomic E-state index is 8.94. The molecule has 6 nitrogen and oxygen atoms in total. The fraction of sp³-hybridized carbons (Fsp3) is 0.231. The number of nitriles is 1. The molecule has 0 unspecified atom stereocenters. The van der Waals surface area contributed by atoms with Crippen LogP contribution in [0.3, 0.4) is 0 Å². The third-order valence-corrected chi connectivity index (χ3v) is 2.82. The molecule has 20 heavy (non-hydrogen) atoms. The molecule has 1 aromatic heterocycles. The van der Waals surface area contributed by atoms with Gasteiger partial charge in [-0.25, -0.2) is 0 Å². The molecule has 0 radical (unpaired) electrons. The number of hydrogen-bond acceptors (Lipinski definition) is 6. The lowest BCUT2D eigenvalue weighted by molar-refractivity contribution is 0.931. The summed E-state index contributed by atoms with van der Waals surface area (Å²) in [4.78, 5) is 16.0. The molecule has 102 valence electrons. The summed E-state index contributed by atoms with van der Waals surface area (Å²) >= 11 is 5.92. The Hall–Kier alpha value is -2.39. The van der Waals surface area contributed by atoms with Gasteiger partial charge >= 0.3 is 0 Å². The Kier molecular flexibility index (Phi) is 4.01. The Morgan fingerprint density at radius 1 is 1.10 bits per heavy atom. The highest BCUT2D eigenvalue weighted by Gasteiger charge is 2.12. The van der Waals surface area contributed by atoms with Gasteiger partial charge in [0.1, 0.15) is 0 Å². The number of halogens is 1. The van der Waals surface area contributed by atoms with Crippen LogP contribution in [0.4, 0.5) is 17.6 Å². The number of aromatic nitrogens is 3. The van der Waals surface area contributed by atoms with E-state index in [-0.39, 0.29) is 5.28 Å². The van der Waals surface area contributed by atoms with Crippen LogP contribution in [-0.2, 0) is 0 Å². The van der Waals surface area contributed by atoms with Crippen molar-refractivity contribution in [1.29, 1.82) is 5.26 Å². The topological polar surface area (TPSA) is 68.9 Å². The monoisotopic (exact) mass is 288 g/mol. The average molecular weight is 289 g/mol. The molecule has 0 aliphatic carbocycles. The van der Waals surface area contributed by atoms with Gasteiger partial charge in [0.2, 0.25) is 17.2 Å². The van der Waals surface area contributed by atoms with Crippen LogP contribution in [0.15, 0.2) is 24.3 Å². The zero-order valence-electron chi connectivity index (χ0n) is 11.4. The van der Waals surface area contributed by atoms with Crippen molar-refractivity contribution >= 4 is 29.2 Å². The Labute approximate surface area is 122 Å². The number of hydrogen-bond donors (Lipinski definition) is 0. The minimum atomic E-state index is 0.127. The van der Waals surface area contributed by atoms with Gasteiger partial charge in [-0.05, 0) is 29.8 Å². The van der Waals surface area contributed by atoms with Crippen LogP contribution in [-0.4, -0.2) is 36.1 Å². The second-order valence-electron chi connectivity index (χ2n) is 4.32. The molecule has 0 spiro atoms. The first kappa shape index (κ1) is 14.0. The van der Waals surface area contributed by atoms with Crippen LogP contribution in [0, 0.1) is 11.3 Å². The summed E-state index contributed by atoms with van der Waals surface area (Å²) in [5.41, 5.74) is 1.37. The Morgan fingerprint density at radius 2 is 1.80 bits per heavy atom. The van der Waals surface area contributed by atoms with E-state index in [1.807, 2.05) is 27.2 Å². The minimum Gasteiger partial charge on any atom is -0.347 e. The molecule has 0 fully saturated rings. The van der Waals surface area contributed by atoms with Crippen LogP contribution in [0.25, 0.3) is 0 Å². The molecule has 7 heteroatoms. The van der Waals surface area contributed by atoms with Gasteiger partial charge in [-0.1, -0.05) is 6.07 Å². The molecule has 0 atom stereocenters. The SMILES string of the molecule is CN(C)c1nc(Cl)nc(N(C)c2cccc(C#N)c2)n1. The first-order valence-corrected chi connectivity index (χ1v) is 6.22. The van der Waals surface area contributed by atoms with Gasteiger partial charge in [0.25, 0.3) is 0 Å². The molecule has 2 aromatic rings. The van der Waals surface area contributed by atoms with E-state index in [9.17, 15) is 0 Å². The fourth-order valence-electron chi connectivity index (χ4n) is 1.58. The van der Waals surface area contributed by atoms with Gasteiger partial charge in [-0.3, -0.25) is 0 Å². The predicted molar refractivity (Wildman–Crippen MR) is 78.4 cm³/mol. The number of anilines is 3. The standard InChI is InChI=1S/C13H13ClN6/c1-19(2)12-16-11(14)17-13(18-12)20(3)10-6-4-5-9(7-10)8-15/h4-7H,1-3H3. The van der Waals surface area contributed by atoms with E-state index in [4.69, 9.17) is 16.9 Å². The zero-order valence-corrected chi connectivity index (χ0v) is 12.1. The van der Waals surface area contributed by atoms with Gasteiger partial charge in [-0.2, -0.15) is 20.2 Å². The van der Waals surface area contributed by atoms with E-state index < -0.39 is 0 Å². The van der Waals surface area contributed by atoms with Crippen molar-refractivity contribution in [3.05, 3.63) is 35.1 Å². The summed E-state index contributed by atoms with van der Waals surface area (Å²) in [5.74, 6) is 0.895. The lowest BCUT2D eigenvalue weighted by Crippen LogP contribution is -2.18. The van der Waals surface area contributed by atoms with Gasteiger partial charge in [-0.15, -0.1) is 0 Å². The molecule has 0 aliphatic rings. The van der Waals surface area contributed by atoms with E-state index in [0.29, 0.717) is 17.5 Å². The van der Waals surface area contributed by atoms with Crippen LogP contribution >= 0.6 is 11.6 Å². The predicted octanol–water partition coefficient (Wildman–Crippen LogP) is 2.23. The molecule has 0 saturated heterocycles. The molecular formula is C13H13ClN6. The highest BCUT2D eigenvalue weighted by Crippen LogP contribution is 2.23. The number of nitrogens with zero attached hydrogens (tertiary/aromatic N) is 6. The van der Waals surface area contributed by atoms with Crippen LogP contribution in [0.5, 0.6) is 0 Å². The molecule has 0 saturated carbocycles. The van der Waals surface area contributed by atoms with Crippen molar-refractivity contribution in [2.45, 2.75) is 0 Å². The highest BCUT2D eigenvalue weighted by atomic mass is 35.5. The van der Waals surface area contributed by atoms with Gasteiger partial charge in [0.05, 0.1) is 11.6 Å². The highest BCUT2D eigenvalue weighted by molar-refractivity contribution is 6.28. The molecule has 0 amide bonds.